The van der Waals surface area contributed by atoms with Crippen LogP contribution in [0.2, 0.25) is 0 Å². The minimum Gasteiger partial charge on any atom is -0.493 e. The van der Waals surface area contributed by atoms with Crippen molar-refractivity contribution in [1.82, 2.24) is 0 Å². The SMILES string of the molecule is C=CC(CC(=O)O)c1ccc(OCC2CCCC3(CCCCC3)C2)cc1. The summed E-state index contributed by atoms with van der Waals surface area (Å²) in [6.45, 7) is 4.56. The maximum absolute atomic E-state index is 10.9. The number of allylic oxidation sites excluding steroid dienone is 1. The van der Waals surface area contributed by atoms with Crippen LogP contribution in [-0.2, 0) is 4.79 Å². The summed E-state index contributed by atoms with van der Waals surface area (Å²) in [6.07, 6.45) is 14.3. The van der Waals surface area contributed by atoms with Gasteiger partial charge in [0.1, 0.15) is 5.75 Å². The number of benzene rings is 1. The summed E-state index contributed by atoms with van der Waals surface area (Å²) < 4.78 is 6.09. The van der Waals surface area contributed by atoms with Gasteiger partial charge in [0, 0.05) is 5.92 Å². The van der Waals surface area contributed by atoms with Crippen LogP contribution in [0.4, 0.5) is 0 Å². The fraction of sp³-hybridized carbons (Fsp3) is 0.609. The van der Waals surface area contributed by atoms with E-state index < -0.39 is 5.97 Å². The van der Waals surface area contributed by atoms with Gasteiger partial charge < -0.3 is 9.84 Å². The lowest BCUT2D eigenvalue weighted by Gasteiger charge is -2.43. The van der Waals surface area contributed by atoms with Crippen molar-refractivity contribution < 1.29 is 14.6 Å². The molecular formula is C23H32O3. The van der Waals surface area contributed by atoms with E-state index in [0.717, 1.165) is 17.9 Å². The van der Waals surface area contributed by atoms with Crippen molar-refractivity contribution in [2.24, 2.45) is 11.3 Å². The minimum atomic E-state index is -0.802. The van der Waals surface area contributed by atoms with E-state index in [-0.39, 0.29) is 12.3 Å². The molecule has 0 radical (unpaired) electrons. The lowest BCUT2D eigenvalue weighted by molar-refractivity contribution is -0.137. The number of carboxylic acid groups (broad SMARTS) is 1. The highest BCUT2D eigenvalue weighted by atomic mass is 16.5. The van der Waals surface area contributed by atoms with Gasteiger partial charge in [-0.3, -0.25) is 4.79 Å². The van der Waals surface area contributed by atoms with Crippen molar-refractivity contribution in [2.75, 3.05) is 6.61 Å². The second-order valence-electron chi connectivity index (χ2n) is 8.34. The molecule has 0 aromatic heterocycles. The number of aliphatic carboxylic acids is 1. The van der Waals surface area contributed by atoms with E-state index in [1.165, 1.54) is 57.8 Å². The monoisotopic (exact) mass is 356 g/mol. The molecule has 2 unspecified atom stereocenters. The summed E-state index contributed by atoms with van der Waals surface area (Å²) in [5.74, 6) is 0.611. The molecule has 0 amide bonds. The van der Waals surface area contributed by atoms with Gasteiger partial charge >= 0.3 is 5.97 Å². The summed E-state index contributed by atoms with van der Waals surface area (Å²) in [6, 6.07) is 7.86. The predicted molar refractivity (Wildman–Crippen MR) is 105 cm³/mol. The van der Waals surface area contributed by atoms with Gasteiger partial charge in [0.15, 0.2) is 0 Å². The normalized spacial score (nSPS) is 23.3. The van der Waals surface area contributed by atoms with Crippen molar-refractivity contribution in [3.8, 4) is 5.75 Å². The molecule has 2 fully saturated rings. The Labute approximate surface area is 157 Å². The van der Waals surface area contributed by atoms with Gasteiger partial charge in [-0.05, 0) is 61.1 Å². The van der Waals surface area contributed by atoms with Crippen LogP contribution >= 0.6 is 0 Å². The number of rotatable bonds is 7. The molecule has 2 aliphatic rings. The van der Waals surface area contributed by atoms with Gasteiger partial charge in [-0.2, -0.15) is 0 Å². The van der Waals surface area contributed by atoms with Crippen LogP contribution < -0.4 is 4.74 Å². The van der Waals surface area contributed by atoms with E-state index in [1.807, 2.05) is 24.3 Å². The molecular weight excluding hydrogens is 324 g/mol. The van der Waals surface area contributed by atoms with Crippen molar-refractivity contribution in [3.63, 3.8) is 0 Å². The van der Waals surface area contributed by atoms with E-state index >= 15 is 0 Å². The zero-order valence-electron chi connectivity index (χ0n) is 15.8. The topological polar surface area (TPSA) is 46.5 Å². The van der Waals surface area contributed by atoms with Crippen molar-refractivity contribution in [3.05, 3.63) is 42.5 Å². The zero-order chi connectivity index (χ0) is 18.4. The van der Waals surface area contributed by atoms with Crippen LogP contribution in [0.1, 0.15) is 75.7 Å². The molecule has 1 aromatic rings. The number of ether oxygens (including phenoxy) is 1. The minimum absolute atomic E-state index is 0.0772. The highest BCUT2D eigenvalue weighted by Gasteiger charge is 2.37. The summed E-state index contributed by atoms with van der Waals surface area (Å²) in [5, 5.41) is 8.99. The van der Waals surface area contributed by atoms with Crippen LogP contribution in [0, 0.1) is 11.3 Å². The Kier molecular flexibility index (Phi) is 6.39. The van der Waals surface area contributed by atoms with Crippen molar-refractivity contribution >= 4 is 5.97 Å². The molecule has 1 aromatic carbocycles. The molecule has 0 aliphatic heterocycles. The summed E-state index contributed by atoms with van der Waals surface area (Å²) in [7, 11) is 0. The maximum Gasteiger partial charge on any atom is 0.304 e. The second-order valence-corrected chi connectivity index (χ2v) is 8.34. The van der Waals surface area contributed by atoms with Gasteiger partial charge in [-0.1, -0.05) is 43.9 Å². The fourth-order valence-corrected chi connectivity index (χ4v) is 5.03. The van der Waals surface area contributed by atoms with Crippen LogP contribution in [0.15, 0.2) is 36.9 Å². The first-order valence-corrected chi connectivity index (χ1v) is 10.2. The molecule has 0 heterocycles. The van der Waals surface area contributed by atoms with Gasteiger partial charge in [-0.15, -0.1) is 6.58 Å². The Hall–Kier alpha value is -1.77. The first-order chi connectivity index (χ1) is 12.6. The lowest BCUT2D eigenvalue weighted by Crippen LogP contribution is -2.33. The highest BCUT2D eigenvalue weighted by Crippen LogP contribution is 2.49. The largest absolute Gasteiger partial charge is 0.493 e. The first-order valence-electron chi connectivity index (χ1n) is 10.2. The highest BCUT2D eigenvalue weighted by molar-refractivity contribution is 5.68. The van der Waals surface area contributed by atoms with E-state index in [9.17, 15) is 4.79 Å². The lowest BCUT2D eigenvalue weighted by atomic mass is 9.63. The third-order valence-electron chi connectivity index (χ3n) is 6.43. The van der Waals surface area contributed by atoms with Crippen molar-refractivity contribution in [2.45, 2.75) is 70.1 Å². The Balaban J connectivity index is 1.53. The molecule has 0 bridgehead atoms. The van der Waals surface area contributed by atoms with Gasteiger partial charge in [0.2, 0.25) is 0 Å². The fourth-order valence-electron chi connectivity index (χ4n) is 5.03. The van der Waals surface area contributed by atoms with Crippen LogP contribution in [0.25, 0.3) is 0 Å². The van der Waals surface area contributed by atoms with Crippen LogP contribution in [0.5, 0.6) is 5.75 Å². The number of hydrogen-bond acceptors (Lipinski definition) is 2. The Morgan fingerprint density at radius 1 is 1.19 bits per heavy atom. The second kappa shape index (κ2) is 8.75. The molecule has 2 atom stereocenters. The van der Waals surface area contributed by atoms with Crippen LogP contribution in [-0.4, -0.2) is 17.7 Å². The summed E-state index contributed by atoms with van der Waals surface area (Å²) in [5.41, 5.74) is 1.59. The molecule has 26 heavy (non-hydrogen) atoms. The quantitative estimate of drug-likeness (QED) is 0.614. The van der Waals surface area contributed by atoms with Gasteiger partial charge in [-0.25, -0.2) is 0 Å². The maximum atomic E-state index is 10.9. The molecule has 3 heteroatoms. The molecule has 1 N–H and O–H groups in total. The molecule has 1 spiro atoms. The Morgan fingerprint density at radius 2 is 1.88 bits per heavy atom. The molecule has 3 nitrogen and oxygen atoms in total. The van der Waals surface area contributed by atoms with Crippen LogP contribution in [0.3, 0.4) is 0 Å². The molecule has 0 saturated heterocycles. The number of hydrogen-bond donors (Lipinski definition) is 1. The summed E-state index contributed by atoms with van der Waals surface area (Å²) >= 11 is 0. The molecule has 2 aliphatic carbocycles. The summed E-state index contributed by atoms with van der Waals surface area (Å²) in [4.78, 5) is 10.9. The first kappa shape index (κ1) is 19.0. The molecule has 142 valence electrons. The van der Waals surface area contributed by atoms with E-state index in [4.69, 9.17) is 9.84 Å². The average Bonchev–Trinajstić information content (AvgIpc) is 2.65. The standard InChI is InChI=1S/C23H32O3/c1-2-19(15-22(24)25)20-8-10-21(11-9-20)26-17-18-7-6-14-23(16-18)12-4-3-5-13-23/h2,8-11,18-19H,1,3-7,12-17H2,(H,24,25). The molecule has 3 rings (SSSR count). The number of carboxylic acids is 1. The van der Waals surface area contributed by atoms with Gasteiger partial charge in [0.25, 0.3) is 0 Å². The zero-order valence-corrected chi connectivity index (χ0v) is 15.8. The number of carbonyl (C=O) groups is 1. The third-order valence-corrected chi connectivity index (χ3v) is 6.43. The Morgan fingerprint density at radius 3 is 2.54 bits per heavy atom. The van der Waals surface area contributed by atoms with Gasteiger partial charge in [0.05, 0.1) is 13.0 Å². The van der Waals surface area contributed by atoms with E-state index in [0.29, 0.717) is 11.3 Å². The molecule has 2 saturated carbocycles. The third kappa shape index (κ3) is 4.90. The van der Waals surface area contributed by atoms with E-state index in [1.54, 1.807) is 6.08 Å². The predicted octanol–water partition coefficient (Wildman–Crippen LogP) is 5.95. The van der Waals surface area contributed by atoms with E-state index in [2.05, 4.69) is 6.58 Å². The van der Waals surface area contributed by atoms with Crippen molar-refractivity contribution in [1.29, 1.82) is 0 Å². The Bertz CT molecular complexity index is 593. The average molecular weight is 357 g/mol. The smallest absolute Gasteiger partial charge is 0.304 e.